The molecule has 0 aliphatic heterocycles. The van der Waals surface area contributed by atoms with Crippen LogP contribution in [0.15, 0.2) is 23.1 Å². The van der Waals surface area contributed by atoms with Crippen LogP contribution in [0.25, 0.3) is 0 Å². The van der Waals surface area contributed by atoms with E-state index in [2.05, 4.69) is 5.32 Å². The summed E-state index contributed by atoms with van der Waals surface area (Å²) < 4.78 is 1.25. The van der Waals surface area contributed by atoms with Crippen LogP contribution < -0.4 is 10.9 Å². The van der Waals surface area contributed by atoms with E-state index in [9.17, 15) is 14.4 Å². The highest BCUT2D eigenvalue weighted by Crippen LogP contribution is 2.05. The van der Waals surface area contributed by atoms with E-state index < -0.39 is 17.9 Å². The number of aromatic nitrogens is 1. The summed E-state index contributed by atoms with van der Waals surface area (Å²) in [5.41, 5.74) is 0.533. The summed E-state index contributed by atoms with van der Waals surface area (Å²) in [5.74, 6) is -1.40. The molecule has 0 radical (unpaired) electrons. The number of carboxylic acid groups (broad SMARTS) is 1. The van der Waals surface area contributed by atoms with Crippen LogP contribution in [0.1, 0.15) is 25.8 Å². The lowest BCUT2D eigenvalue weighted by Gasteiger charge is -2.16. The molecule has 0 saturated heterocycles. The summed E-state index contributed by atoms with van der Waals surface area (Å²) in [6.07, 6.45) is 1.87. The lowest BCUT2D eigenvalue weighted by molar-refractivity contribution is -0.142. The standard InChI is InChI=1S/C14H20N2O4/c1-9(2)6-11(14(19)20)15-12(17)8-16-5-4-10(3)7-13(16)18/h4-5,7,9,11H,6,8H2,1-3H3,(H,15,17)(H,19,20)/t11-/m0/s1. The highest BCUT2D eigenvalue weighted by Gasteiger charge is 2.21. The first kappa shape index (κ1) is 15.9. The van der Waals surface area contributed by atoms with Gasteiger partial charge in [-0.3, -0.25) is 9.59 Å². The van der Waals surface area contributed by atoms with Crippen molar-refractivity contribution < 1.29 is 14.7 Å². The smallest absolute Gasteiger partial charge is 0.326 e. The van der Waals surface area contributed by atoms with Gasteiger partial charge in [0.2, 0.25) is 5.91 Å². The molecule has 1 aromatic heterocycles. The molecule has 0 fully saturated rings. The van der Waals surface area contributed by atoms with Gasteiger partial charge in [0.1, 0.15) is 12.6 Å². The van der Waals surface area contributed by atoms with Crippen molar-refractivity contribution in [1.29, 1.82) is 0 Å². The van der Waals surface area contributed by atoms with Crippen LogP contribution in [-0.2, 0) is 16.1 Å². The molecule has 0 saturated carbocycles. The van der Waals surface area contributed by atoms with E-state index >= 15 is 0 Å². The average molecular weight is 280 g/mol. The minimum absolute atomic E-state index is 0.151. The molecule has 0 spiro atoms. The molecular weight excluding hydrogens is 260 g/mol. The minimum Gasteiger partial charge on any atom is -0.480 e. The van der Waals surface area contributed by atoms with Crippen molar-refractivity contribution in [2.45, 2.75) is 39.8 Å². The van der Waals surface area contributed by atoms with E-state index in [1.807, 2.05) is 13.8 Å². The molecule has 2 N–H and O–H groups in total. The second-order valence-corrected chi connectivity index (χ2v) is 5.26. The van der Waals surface area contributed by atoms with Crippen molar-refractivity contribution in [3.8, 4) is 0 Å². The minimum atomic E-state index is -1.07. The van der Waals surface area contributed by atoms with Gasteiger partial charge in [0, 0.05) is 12.3 Å². The first-order valence-corrected chi connectivity index (χ1v) is 6.49. The average Bonchev–Trinajstić information content (AvgIpc) is 2.31. The number of carboxylic acids is 1. The molecule has 6 heteroatoms. The van der Waals surface area contributed by atoms with Crippen LogP contribution in [0.5, 0.6) is 0 Å². The fourth-order valence-electron chi connectivity index (χ4n) is 1.82. The molecular formula is C14H20N2O4. The molecule has 1 heterocycles. The number of aliphatic carboxylic acids is 1. The van der Waals surface area contributed by atoms with E-state index in [0.29, 0.717) is 6.42 Å². The topological polar surface area (TPSA) is 88.4 Å². The summed E-state index contributed by atoms with van der Waals surface area (Å²) >= 11 is 0. The van der Waals surface area contributed by atoms with Crippen molar-refractivity contribution in [1.82, 2.24) is 9.88 Å². The zero-order valence-electron chi connectivity index (χ0n) is 11.9. The molecule has 0 unspecified atom stereocenters. The second-order valence-electron chi connectivity index (χ2n) is 5.26. The maximum atomic E-state index is 11.8. The van der Waals surface area contributed by atoms with Crippen LogP contribution in [-0.4, -0.2) is 27.6 Å². The number of hydrogen-bond acceptors (Lipinski definition) is 3. The summed E-state index contributed by atoms with van der Waals surface area (Å²) in [5, 5.41) is 11.5. The molecule has 1 rings (SSSR count). The fourth-order valence-corrected chi connectivity index (χ4v) is 1.82. The Morgan fingerprint density at radius 1 is 1.40 bits per heavy atom. The largest absolute Gasteiger partial charge is 0.480 e. The Labute approximate surface area is 117 Å². The Hall–Kier alpha value is -2.11. The lowest BCUT2D eigenvalue weighted by Crippen LogP contribution is -2.43. The number of carbonyl (C=O) groups is 2. The molecule has 6 nitrogen and oxygen atoms in total. The monoisotopic (exact) mass is 280 g/mol. The van der Waals surface area contributed by atoms with Crippen LogP contribution in [0.4, 0.5) is 0 Å². The predicted octanol–water partition coefficient (Wildman–Crippen LogP) is 0.772. The normalized spacial score (nSPS) is 12.2. The molecule has 110 valence electrons. The quantitative estimate of drug-likeness (QED) is 0.805. The molecule has 1 aromatic rings. The Kier molecular flexibility index (Phi) is 5.49. The first-order chi connectivity index (χ1) is 9.29. The van der Waals surface area contributed by atoms with Crippen molar-refractivity contribution in [3.63, 3.8) is 0 Å². The summed E-state index contributed by atoms with van der Waals surface area (Å²) in [7, 11) is 0. The molecule has 0 aliphatic rings. The number of pyridine rings is 1. The van der Waals surface area contributed by atoms with E-state index in [-0.39, 0.29) is 18.0 Å². The van der Waals surface area contributed by atoms with Crippen molar-refractivity contribution in [2.24, 2.45) is 5.92 Å². The van der Waals surface area contributed by atoms with Gasteiger partial charge in [0.25, 0.3) is 5.56 Å². The molecule has 0 bridgehead atoms. The number of nitrogens with zero attached hydrogens (tertiary/aromatic N) is 1. The zero-order valence-corrected chi connectivity index (χ0v) is 11.9. The van der Waals surface area contributed by atoms with Gasteiger partial charge in [-0.15, -0.1) is 0 Å². The Morgan fingerprint density at radius 2 is 2.05 bits per heavy atom. The van der Waals surface area contributed by atoms with E-state index in [1.165, 1.54) is 16.8 Å². The number of carbonyl (C=O) groups excluding carboxylic acids is 1. The third-order valence-electron chi connectivity index (χ3n) is 2.81. The van der Waals surface area contributed by atoms with Gasteiger partial charge in [-0.25, -0.2) is 4.79 Å². The van der Waals surface area contributed by atoms with Crippen LogP contribution in [0.2, 0.25) is 0 Å². The Morgan fingerprint density at radius 3 is 2.55 bits per heavy atom. The second kappa shape index (κ2) is 6.88. The molecule has 0 aliphatic carbocycles. The first-order valence-electron chi connectivity index (χ1n) is 6.49. The molecule has 1 amide bonds. The Bertz CT molecular complexity index is 548. The van der Waals surface area contributed by atoms with E-state index in [0.717, 1.165) is 5.56 Å². The van der Waals surface area contributed by atoms with Gasteiger partial charge in [-0.1, -0.05) is 13.8 Å². The number of amides is 1. The van der Waals surface area contributed by atoms with Gasteiger partial charge in [0.05, 0.1) is 0 Å². The maximum Gasteiger partial charge on any atom is 0.326 e. The summed E-state index contributed by atoms with van der Waals surface area (Å²) in [6.45, 7) is 5.37. The number of rotatable bonds is 6. The third-order valence-corrected chi connectivity index (χ3v) is 2.81. The lowest BCUT2D eigenvalue weighted by atomic mass is 10.0. The maximum absolute atomic E-state index is 11.8. The highest BCUT2D eigenvalue weighted by molar-refractivity contribution is 5.83. The van der Waals surface area contributed by atoms with Gasteiger partial charge in [-0.05, 0) is 30.9 Å². The van der Waals surface area contributed by atoms with E-state index in [4.69, 9.17) is 5.11 Å². The SMILES string of the molecule is Cc1ccn(CC(=O)N[C@@H](CC(C)C)C(=O)O)c(=O)c1. The molecule has 0 aromatic carbocycles. The van der Waals surface area contributed by atoms with Crippen LogP contribution in [0.3, 0.4) is 0 Å². The van der Waals surface area contributed by atoms with Crippen molar-refractivity contribution in [2.75, 3.05) is 0 Å². The summed E-state index contributed by atoms with van der Waals surface area (Å²) in [4.78, 5) is 34.5. The van der Waals surface area contributed by atoms with Gasteiger partial charge >= 0.3 is 5.97 Å². The fraction of sp³-hybridized carbons (Fsp3) is 0.500. The zero-order chi connectivity index (χ0) is 15.3. The van der Waals surface area contributed by atoms with Crippen LogP contribution in [0, 0.1) is 12.8 Å². The van der Waals surface area contributed by atoms with Crippen molar-refractivity contribution >= 4 is 11.9 Å². The Balaban J connectivity index is 2.70. The van der Waals surface area contributed by atoms with Crippen molar-refractivity contribution in [3.05, 3.63) is 34.2 Å². The third kappa shape index (κ3) is 4.87. The predicted molar refractivity (Wildman–Crippen MR) is 74.5 cm³/mol. The number of hydrogen-bond donors (Lipinski definition) is 2. The highest BCUT2D eigenvalue weighted by atomic mass is 16.4. The van der Waals surface area contributed by atoms with Gasteiger partial charge < -0.3 is 15.0 Å². The molecule has 20 heavy (non-hydrogen) atoms. The van der Waals surface area contributed by atoms with Gasteiger partial charge in [-0.2, -0.15) is 0 Å². The van der Waals surface area contributed by atoms with E-state index in [1.54, 1.807) is 13.0 Å². The number of nitrogens with one attached hydrogen (secondary N) is 1. The molecule has 1 atom stereocenters. The van der Waals surface area contributed by atoms with Crippen LogP contribution >= 0.6 is 0 Å². The number of aryl methyl sites for hydroxylation is 1. The van der Waals surface area contributed by atoms with Gasteiger partial charge in [0.15, 0.2) is 0 Å². The summed E-state index contributed by atoms with van der Waals surface area (Å²) in [6, 6.07) is 2.22.